The number of nitro groups is 1. The van der Waals surface area contributed by atoms with Crippen molar-refractivity contribution in [3.05, 3.63) is 56.0 Å². The summed E-state index contributed by atoms with van der Waals surface area (Å²) in [5, 5.41) is 11.1. The van der Waals surface area contributed by atoms with Crippen molar-refractivity contribution >= 4 is 33.2 Å². The Morgan fingerprint density at radius 2 is 1.97 bits per heavy atom. The number of carbonyl (C=O) groups excluding carboxylic acids is 1. The van der Waals surface area contributed by atoms with Crippen molar-refractivity contribution in [2.45, 2.75) is 19.5 Å². The van der Waals surface area contributed by atoms with Gasteiger partial charge >= 0.3 is 6.18 Å². The Bertz CT molecular complexity index is 953. The third-order valence-corrected chi connectivity index (χ3v) is 4.36. The molecule has 0 spiro atoms. The highest BCUT2D eigenvalue weighted by Crippen LogP contribution is 2.37. The molecule has 0 aliphatic rings. The van der Waals surface area contributed by atoms with Gasteiger partial charge in [0.05, 0.1) is 28.7 Å². The molecule has 0 fully saturated rings. The van der Waals surface area contributed by atoms with Crippen LogP contribution in [0.1, 0.15) is 29.3 Å². The molecule has 30 heavy (non-hydrogen) atoms. The first-order valence-corrected chi connectivity index (χ1v) is 9.30. The molecule has 162 valence electrons. The Balaban J connectivity index is 2.23. The van der Waals surface area contributed by atoms with Crippen LogP contribution >= 0.6 is 15.9 Å². The summed E-state index contributed by atoms with van der Waals surface area (Å²) in [6.07, 6.45) is -3.98. The van der Waals surface area contributed by atoms with Gasteiger partial charge in [0.15, 0.2) is 11.5 Å². The molecular weight excluding hydrogens is 475 g/mol. The maximum absolute atomic E-state index is 12.8. The van der Waals surface area contributed by atoms with Crippen LogP contribution in [0.5, 0.6) is 11.5 Å². The fraction of sp³-hybridized carbons (Fsp3) is 0.278. The zero-order chi connectivity index (χ0) is 22.5. The van der Waals surface area contributed by atoms with E-state index in [2.05, 4.69) is 26.8 Å². The molecule has 0 aliphatic carbocycles. The normalized spacial score (nSPS) is 11.0. The van der Waals surface area contributed by atoms with Crippen molar-refractivity contribution in [3.63, 3.8) is 0 Å². The second-order valence-electron chi connectivity index (χ2n) is 5.90. The summed E-state index contributed by atoms with van der Waals surface area (Å²) in [4.78, 5) is 22.6. The van der Waals surface area contributed by atoms with Gasteiger partial charge in [-0.1, -0.05) is 6.92 Å². The zero-order valence-electron chi connectivity index (χ0n) is 15.8. The van der Waals surface area contributed by atoms with E-state index in [1.165, 1.54) is 19.2 Å². The first-order valence-electron chi connectivity index (χ1n) is 8.50. The number of carbonyl (C=O) groups is 1. The lowest BCUT2D eigenvalue weighted by molar-refractivity contribution is -0.384. The molecule has 0 radical (unpaired) electrons. The number of nitrogens with one attached hydrogen (secondary N) is 2. The molecule has 2 aromatic rings. The van der Waals surface area contributed by atoms with Crippen LogP contribution in [0.2, 0.25) is 0 Å². The van der Waals surface area contributed by atoms with E-state index < -0.39 is 28.3 Å². The Kier molecular flexibility index (Phi) is 7.48. The van der Waals surface area contributed by atoms with Crippen LogP contribution in [-0.2, 0) is 6.18 Å². The van der Waals surface area contributed by atoms with Crippen LogP contribution in [-0.4, -0.2) is 24.5 Å². The van der Waals surface area contributed by atoms with E-state index in [4.69, 9.17) is 9.47 Å². The van der Waals surface area contributed by atoms with Gasteiger partial charge in [0.25, 0.3) is 11.6 Å². The van der Waals surface area contributed by atoms with Crippen LogP contribution in [0.4, 0.5) is 24.5 Å². The van der Waals surface area contributed by atoms with E-state index in [1.807, 2.05) is 6.92 Å². The largest absolute Gasteiger partial charge is 0.493 e. The van der Waals surface area contributed by atoms with Crippen molar-refractivity contribution < 1.29 is 32.4 Å². The number of benzene rings is 2. The number of halogens is 4. The molecule has 0 saturated carbocycles. The van der Waals surface area contributed by atoms with Crippen LogP contribution in [0, 0.1) is 10.1 Å². The molecule has 0 aliphatic heterocycles. The summed E-state index contributed by atoms with van der Waals surface area (Å²) in [7, 11) is 1.39. The third-order valence-electron chi connectivity index (χ3n) is 3.77. The molecule has 2 aromatic carbocycles. The average Bonchev–Trinajstić information content (AvgIpc) is 2.69. The number of alkyl halides is 3. The second-order valence-corrected chi connectivity index (χ2v) is 6.76. The predicted molar refractivity (Wildman–Crippen MR) is 106 cm³/mol. The van der Waals surface area contributed by atoms with Crippen LogP contribution in [0.15, 0.2) is 34.8 Å². The van der Waals surface area contributed by atoms with E-state index in [1.54, 1.807) is 0 Å². The minimum atomic E-state index is -4.74. The number of anilines is 1. The molecule has 1 amide bonds. The average molecular weight is 492 g/mol. The van der Waals surface area contributed by atoms with Gasteiger partial charge in [-0.05, 0) is 46.6 Å². The standard InChI is InChI=1S/C18H17BrF3N3O5/c1-3-6-30-16-12(19)7-10(8-15(16)29-2)17(26)24-23-13-5-4-11(18(20,21)22)9-14(13)25(27)28/h4-5,7-9,23H,3,6H2,1-2H3,(H,24,26). The van der Waals surface area contributed by atoms with Crippen molar-refractivity contribution in [1.82, 2.24) is 5.43 Å². The summed E-state index contributed by atoms with van der Waals surface area (Å²) in [5.41, 5.74) is 2.29. The Hall–Kier alpha value is -3.02. The summed E-state index contributed by atoms with van der Waals surface area (Å²) in [6, 6.07) is 4.76. The highest BCUT2D eigenvalue weighted by Gasteiger charge is 2.33. The number of ether oxygens (including phenoxy) is 2. The minimum absolute atomic E-state index is 0.115. The van der Waals surface area contributed by atoms with Crippen molar-refractivity contribution in [3.8, 4) is 11.5 Å². The summed E-state index contributed by atoms with van der Waals surface area (Å²) < 4.78 is 49.6. The number of rotatable bonds is 8. The SMILES string of the molecule is CCCOc1c(Br)cc(C(=O)NNc2ccc(C(F)(F)F)cc2[N+](=O)[O-])cc1OC. The van der Waals surface area contributed by atoms with Gasteiger partial charge in [0.1, 0.15) is 5.69 Å². The van der Waals surface area contributed by atoms with Gasteiger partial charge < -0.3 is 9.47 Å². The number of hydrogen-bond donors (Lipinski definition) is 2. The summed E-state index contributed by atoms with van der Waals surface area (Å²) in [6.45, 7) is 2.36. The van der Waals surface area contributed by atoms with Gasteiger partial charge in [-0.15, -0.1) is 0 Å². The fourth-order valence-electron chi connectivity index (χ4n) is 2.36. The molecule has 0 heterocycles. The van der Waals surface area contributed by atoms with Gasteiger partial charge in [-0.2, -0.15) is 13.2 Å². The second kappa shape index (κ2) is 9.65. The molecule has 0 atom stereocenters. The van der Waals surface area contributed by atoms with Gasteiger partial charge in [-0.3, -0.25) is 25.8 Å². The van der Waals surface area contributed by atoms with E-state index >= 15 is 0 Å². The number of nitrogens with zero attached hydrogens (tertiary/aromatic N) is 1. The van der Waals surface area contributed by atoms with E-state index in [0.717, 1.165) is 12.5 Å². The van der Waals surface area contributed by atoms with Crippen molar-refractivity contribution in [2.75, 3.05) is 19.1 Å². The highest BCUT2D eigenvalue weighted by molar-refractivity contribution is 9.10. The maximum Gasteiger partial charge on any atom is 0.416 e. The minimum Gasteiger partial charge on any atom is -0.493 e. The molecular formula is C18H17BrF3N3O5. The number of amides is 1. The monoisotopic (exact) mass is 491 g/mol. The Labute approximate surface area is 177 Å². The number of hydrogen-bond acceptors (Lipinski definition) is 6. The van der Waals surface area contributed by atoms with Gasteiger partial charge in [0.2, 0.25) is 0 Å². The molecule has 2 rings (SSSR count). The third kappa shape index (κ3) is 5.53. The molecule has 12 heteroatoms. The van der Waals surface area contributed by atoms with Gasteiger partial charge in [0, 0.05) is 11.6 Å². The van der Waals surface area contributed by atoms with E-state index in [9.17, 15) is 28.1 Å². The summed E-state index contributed by atoms with van der Waals surface area (Å²) >= 11 is 3.29. The molecule has 0 aromatic heterocycles. The molecule has 0 bridgehead atoms. The number of hydrazine groups is 1. The van der Waals surface area contributed by atoms with Gasteiger partial charge in [-0.25, -0.2) is 0 Å². The lowest BCUT2D eigenvalue weighted by Crippen LogP contribution is -2.29. The first kappa shape index (κ1) is 23.3. The van der Waals surface area contributed by atoms with Crippen LogP contribution in [0.25, 0.3) is 0 Å². The topological polar surface area (TPSA) is 103 Å². The Morgan fingerprint density at radius 3 is 2.53 bits per heavy atom. The maximum atomic E-state index is 12.8. The zero-order valence-corrected chi connectivity index (χ0v) is 17.4. The molecule has 2 N–H and O–H groups in total. The first-order chi connectivity index (χ1) is 14.1. The summed E-state index contributed by atoms with van der Waals surface area (Å²) in [5.74, 6) is -0.0176. The lowest BCUT2D eigenvalue weighted by atomic mass is 10.1. The van der Waals surface area contributed by atoms with Crippen molar-refractivity contribution in [2.24, 2.45) is 0 Å². The lowest BCUT2D eigenvalue weighted by Gasteiger charge is -2.15. The van der Waals surface area contributed by atoms with E-state index in [0.29, 0.717) is 29.0 Å². The van der Waals surface area contributed by atoms with Crippen LogP contribution in [0.3, 0.4) is 0 Å². The quantitative estimate of drug-likeness (QED) is 0.400. The molecule has 0 saturated heterocycles. The molecule has 8 nitrogen and oxygen atoms in total. The molecule has 0 unspecified atom stereocenters. The predicted octanol–water partition coefficient (Wildman–Crippen LogP) is 4.93. The Morgan fingerprint density at radius 1 is 1.27 bits per heavy atom. The fourth-order valence-corrected chi connectivity index (χ4v) is 2.91. The van der Waals surface area contributed by atoms with E-state index in [-0.39, 0.29) is 17.0 Å². The number of methoxy groups -OCH3 is 1. The number of nitro benzene ring substituents is 1. The highest BCUT2D eigenvalue weighted by atomic mass is 79.9. The smallest absolute Gasteiger partial charge is 0.416 e. The van der Waals surface area contributed by atoms with Crippen molar-refractivity contribution in [1.29, 1.82) is 0 Å². The van der Waals surface area contributed by atoms with Crippen LogP contribution < -0.4 is 20.3 Å².